The molecule has 3 aromatic rings. The van der Waals surface area contributed by atoms with Gasteiger partial charge in [-0.3, -0.25) is 9.47 Å². The molecule has 1 aromatic heterocycles. The number of hydrogen-bond donors (Lipinski definition) is 3. The average Bonchev–Trinajstić information content (AvgIpc) is 2.90. The first kappa shape index (κ1) is 21.9. The Kier molecular flexibility index (Phi) is 5.68. The Hall–Kier alpha value is -3.33. The van der Waals surface area contributed by atoms with Gasteiger partial charge in [-0.25, -0.2) is 13.6 Å². The van der Waals surface area contributed by atoms with E-state index in [2.05, 4.69) is 5.43 Å². The molecular weight excluding hydrogens is 438 g/mol. The minimum atomic E-state index is -1.52. The summed E-state index contributed by atoms with van der Waals surface area (Å²) in [6.07, 6.45) is 1.19. The van der Waals surface area contributed by atoms with E-state index in [0.717, 1.165) is 32.8 Å². The molecule has 6 nitrogen and oxygen atoms in total. The number of pyridine rings is 1. The fourth-order valence-corrected chi connectivity index (χ4v) is 4.84. The standard InChI is InChI=1S/C23H20F2N2O4S/c1-11(2)12-3-6-18-14(9-12)20(13-4-5-16(24)19(25)15(13)10-32-18)26-27-8-7-17(28)22(29)21(27)23(30)31/h3-9,11,20,26,29H,10H2,1-2H3,(H,30,31). The highest BCUT2D eigenvalue weighted by Crippen LogP contribution is 2.42. The third kappa shape index (κ3) is 3.73. The van der Waals surface area contributed by atoms with Crippen molar-refractivity contribution in [3.63, 3.8) is 0 Å². The number of benzene rings is 2. The van der Waals surface area contributed by atoms with Crippen LogP contribution in [-0.2, 0) is 5.75 Å². The summed E-state index contributed by atoms with van der Waals surface area (Å²) in [7, 11) is 0. The van der Waals surface area contributed by atoms with Crippen LogP contribution in [0, 0.1) is 11.6 Å². The fraction of sp³-hybridized carbons (Fsp3) is 0.217. The van der Waals surface area contributed by atoms with Gasteiger partial charge in [-0.1, -0.05) is 32.0 Å². The average molecular weight is 458 g/mol. The van der Waals surface area contributed by atoms with E-state index in [4.69, 9.17) is 0 Å². The summed E-state index contributed by atoms with van der Waals surface area (Å²) in [4.78, 5) is 24.4. The van der Waals surface area contributed by atoms with Crippen LogP contribution >= 0.6 is 11.8 Å². The van der Waals surface area contributed by atoms with Gasteiger partial charge in [0.1, 0.15) is 0 Å². The lowest BCUT2D eigenvalue weighted by Gasteiger charge is -2.26. The van der Waals surface area contributed by atoms with Crippen molar-refractivity contribution in [2.24, 2.45) is 0 Å². The lowest BCUT2D eigenvalue weighted by molar-refractivity contribution is 0.0681. The molecule has 0 radical (unpaired) electrons. The van der Waals surface area contributed by atoms with Crippen molar-refractivity contribution in [1.82, 2.24) is 4.68 Å². The second-order valence-corrected chi connectivity index (χ2v) is 8.80. The number of nitrogens with one attached hydrogen (secondary N) is 1. The lowest BCUT2D eigenvalue weighted by atomic mass is 9.92. The van der Waals surface area contributed by atoms with Gasteiger partial charge in [0, 0.05) is 28.5 Å². The molecule has 0 aliphatic carbocycles. The number of fused-ring (bicyclic) bond motifs is 2. The van der Waals surface area contributed by atoms with Crippen molar-refractivity contribution in [1.29, 1.82) is 0 Å². The maximum absolute atomic E-state index is 14.7. The van der Waals surface area contributed by atoms with Crippen molar-refractivity contribution in [3.8, 4) is 5.75 Å². The van der Waals surface area contributed by atoms with Gasteiger partial charge < -0.3 is 15.6 Å². The molecule has 2 heterocycles. The zero-order valence-corrected chi connectivity index (χ0v) is 18.0. The van der Waals surface area contributed by atoms with Gasteiger partial charge in [0.15, 0.2) is 23.1 Å². The van der Waals surface area contributed by atoms with Crippen LogP contribution in [0.4, 0.5) is 8.78 Å². The number of carboxylic acids is 1. The number of aromatic hydroxyl groups is 1. The van der Waals surface area contributed by atoms with E-state index in [1.165, 1.54) is 24.0 Å². The van der Waals surface area contributed by atoms with Crippen LogP contribution < -0.4 is 10.9 Å². The van der Waals surface area contributed by atoms with Gasteiger partial charge in [0.05, 0.1) is 6.04 Å². The summed E-state index contributed by atoms with van der Waals surface area (Å²) >= 11 is 1.35. The molecule has 2 aromatic carbocycles. The Morgan fingerprint density at radius 1 is 1.19 bits per heavy atom. The normalized spacial score (nSPS) is 15.1. The molecule has 1 aliphatic rings. The monoisotopic (exact) mass is 458 g/mol. The van der Waals surface area contributed by atoms with Crippen molar-refractivity contribution < 1.29 is 23.8 Å². The molecular formula is C23H20F2N2O4S. The third-order valence-corrected chi connectivity index (χ3v) is 6.59. The molecule has 9 heteroatoms. The third-order valence-electron chi connectivity index (χ3n) is 5.47. The first-order valence-electron chi connectivity index (χ1n) is 9.87. The summed E-state index contributed by atoms with van der Waals surface area (Å²) in [5.74, 6) is -3.98. The van der Waals surface area contributed by atoms with Crippen molar-refractivity contribution in [2.45, 2.75) is 36.5 Å². The minimum Gasteiger partial charge on any atom is -0.502 e. The van der Waals surface area contributed by atoms with Crippen molar-refractivity contribution in [2.75, 3.05) is 5.43 Å². The summed E-state index contributed by atoms with van der Waals surface area (Å²) in [5.41, 5.74) is 3.87. The van der Waals surface area contributed by atoms with Crippen LogP contribution in [0.5, 0.6) is 5.75 Å². The lowest BCUT2D eigenvalue weighted by Crippen LogP contribution is -2.29. The number of carbonyl (C=O) groups is 1. The van der Waals surface area contributed by atoms with Gasteiger partial charge in [-0.05, 0) is 34.7 Å². The molecule has 1 atom stereocenters. The Bertz CT molecular complexity index is 1290. The first-order chi connectivity index (χ1) is 15.2. The molecule has 0 saturated heterocycles. The maximum Gasteiger partial charge on any atom is 0.358 e. The second kappa shape index (κ2) is 8.31. The first-order valence-corrected chi connectivity index (χ1v) is 10.9. The van der Waals surface area contributed by atoms with E-state index in [9.17, 15) is 28.6 Å². The fourth-order valence-electron chi connectivity index (χ4n) is 3.74. The molecule has 0 saturated carbocycles. The Labute approximate surface area is 186 Å². The highest BCUT2D eigenvalue weighted by molar-refractivity contribution is 7.98. The molecule has 32 heavy (non-hydrogen) atoms. The van der Waals surface area contributed by atoms with Crippen LogP contribution in [-0.4, -0.2) is 20.9 Å². The molecule has 4 rings (SSSR count). The molecule has 0 fully saturated rings. The largest absolute Gasteiger partial charge is 0.502 e. The molecule has 1 unspecified atom stereocenters. The Balaban J connectivity index is 1.96. The van der Waals surface area contributed by atoms with Crippen molar-refractivity contribution in [3.05, 3.63) is 92.4 Å². The van der Waals surface area contributed by atoms with Gasteiger partial charge in [0.2, 0.25) is 5.43 Å². The molecule has 1 aliphatic heterocycles. The van der Waals surface area contributed by atoms with E-state index in [1.807, 2.05) is 32.0 Å². The molecule has 0 bridgehead atoms. The maximum atomic E-state index is 14.7. The summed E-state index contributed by atoms with van der Waals surface area (Å²) in [6, 6.07) is 8.57. The SMILES string of the molecule is CC(C)c1ccc2c(c1)C(Nn1ccc(=O)c(O)c1C(=O)O)c1ccc(F)c(F)c1CS2. The highest BCUT2D eigenvalue weighted by atomic mass is 32.2. The van der Waals surface area contributed by atoms with Crippen LogP contribution in [0.15, 0.2) is 52.3 Å². The van der Waals surface area contributed by atoms with Crippen molar-refractivity contribution >= 4 is 17.7 Å². The summed E-state index contributed by atoms with van der Waals surface area (Å²) < 4.78 is 29.8. The van der Waals surface area contributed by atoms with E-state index in [0.29, 0.717) is 5.56 Å². The number of aromatic nitrogens is 1. The Morgan fingerprint density at radius 2 is 1.94 bits per heavy atom. The number of aromatic carboxylic acids is 1. The minimum absolute atomic E-state index is 0.164. The second-order valence-electron chi connectivity index (χ2n) is 7.78. The highest BCUT2D eigenvalue weighted by Gasteiger charge is 2.29. The number of thioether (sulfide) groups is 1. The van der Waals surface area contributed by atoms with Gasteiger partial charge in [-0.2, -0.15) is 0 Å². The number of nitrogens with zero attached hydrogens (tertiary/aromatic N) is 1. The predicted octanol–water partition coefficient (Wildman–Crippen LogP) is 4.59. The van der Waals surface area contributed by atoms with E-state index >= 15 is 0 Å². The van der Waals surface area contributed by atoms with Crippen LogP contribution in [0.2, 0.25) is 0 Å². The van der Waals surface area contributed by atoms with Gasteiger partial charge >= 0.3 is 5.97 Å². The van der Waals surface area contributed by atoms with E-state index in [1.54, 1.807) is 0 Å². The molecule has 0 spiro atoms. The van der Waals surface area contributed by atoms with E-state index in [-0.39, 0.29) is 17.2 Å². The van der Waals surface area contributed by atoms with Gasteiger partial charge in [-0.15, -0.1) is 11.8 Å². The molecule has 166 valence electrons. The van der Waals surface area contributed by atoms with Crippen LogP contribution in [0.25, 0.3) is 0 Å². The Morgan fingerprint density at radius 3 is 2.62 bits per heavy atom. The molecule has 3 N–H and O–H groups in total. The number of carboxylic acid groups (broad SMARTS) is 1. The van der Waals surface area contributed by atoms with Crippen LogP contribution in [0.3, 0.4) is 0 Å². The number of rotatable bonds is 4. The topological polar surface area (TPSA) is 91.6 Å². The quantitative estimate of drug-likeness (QED) is 0.530. The zero-order valence-electron chi connectivity index (χ0n) is 17.2. The van der Waals surface area contributed by atoms with Gasteiger partial charge in [0.25, 0.3) is 0 Å². The summed E-state index contributed by atoms with van der Waals surface area (Å²) in [5, 5.41) is 19.6. The number of hydrogen-bond acceptors (Lipinski definition) is 5. The molecule has 0 amide bonds. The summed E-state index contributed by atoms with van der Waals surface area (Å²) in [6.45, 7) is 4.05. The predicted molar refractivity (Wildman–Crippen MR) is 117 cm³/mol. The zero-order chi connectivity index (χ0) is 23.2. The van der Waals surface area contributed by atoms with Crippen LogP contribution in [0.1, 0.15) is 58.5 Å². The number of halogens is 2. The van der Waals surface area contributed by atoms with E-state index < -0.39 is 40.5 Å². The smallest absolute Gasteiger partial charge is 0.358 e.